The normalized spacial score (nSPS) is 14.7. The Morgan fingerprint density at radius 1 is 1.19 bits per heavy atom. The fraction of sp³-hybridized carbons (Fsp3) is 0.364. The summed E-state index contributed by atoms with van der Waals surface area (Å²) in [6.45, 7) is 6.90. The van der Waals surface area contributed by atoms with Crippen LogP contribution in [0.1, 0.15) is 23.0 Å². The van der Waals surface area contributed by atoms with Gasteiger partial charge in [-0.15, -0.1) is 0 Å². The molecule has 0 unspecified atom stereocenters. The number of rotatable bonds is 5. The third-order valence-corrected chi connectivity index (χ3v) is 6.15. The van der Waals surface area contributed by atoms with Crippen LogP contribution in [0.3, 0.4) is 0 Å². The van der Waals surface area contributed by atoms with Crippen molar-refractivity contribution < 1.29 is 4.79 Å². The number of nitrogens with one attached hydrogen (secondary N) is 2. The lowest BCUT2D eigenvalue weighted by atomic mass is 10.1. The van der Waals surface area contributed by atoms with Gasteiger partial charge in [-0.05, 0) is 36.8 Å². The zero-order chi connectivity index (χ0) is 22.0. The molecular formula is C22H26N6O2S. The van der Waals surface area contributed by atoms with Crippen LogP contribution in [-0.4, -0.2) is 58.6 Å². The number of hydrogen-bond donors (Lipinski definition) is 2. The van der Waals surface area contributed by atoms with Gasteiger partial charge in [0.2, 0.25) is 0 Å². The highest BCUT2D eigenvalue weighted by atomic mass is 32.1. The molecule has 2 aromatic heterocycles. The summed E-state index contributed by atoms with van der Waals surface area (Å²) >= 11 is 5.47. The average molecular weight is 439 g/mol. The van der Waals surface area contributed by atoms with E-state index in [1.54, 1.807) is 23.9 Å². The van der Waals surface area contributed by atoms with E-state index in [4.69, 9.17) is 12.2 Å². The number of anilines is 1. The smallest absolute Gasteiger partial charge is 0.326 e. The Bertz CT molecular complexity index is 1210. The van der Waals surface area contributed by atoms with Crippen LogP contribution in [0.25, 0.3) is 10.9 Å². The van der Waals surface area contributed by atoms with Gasteiger partial charge < -0.3 is 15.2 Å². The molecule has 1 amide bonds. The molecule has 162 valence electrons. The Hall–Kier alpha value is -3.04. The first-order valence-corrected chi connectivity index (χ1v) is 10.8. The molecule has 1 saturated heterocycles. The Morgan fingerprint density at radius 2 is 1.97 bits per heavy atom. The maximum absolute atomic E-state index is 12.2. The molecule has 0 atom stereocenters. The highest BCUT2D eigenvalue weighted by Crippen LogP contribution is 2.19. The summed E-state index contributed by atoms with van der Waals surface area (Å²) < 4.78 is 2.16. The molecule has 1 aromatic carbocycles. The number of hydrogen-bond acceptors (Lipinski definition) is 6. The van der Waals surface area contributed by atoms with E-state index in [0.29, 0.717) is 16.9 Å². The number of amides is 1. The van der Waals surface area contributed by atoms with E-state index in [0.717, 1.165) is 54.9 Å². The van der Waals surface area contributed by atoms with Gasteiger partial charge in [0, 0.05) is 51.7 Å². The maximum Gasteiger partial charge on any atom is 0.326 e. The monoisotopic (exact) mass is 438 g/mol. The van der Waals surface area contributed by atoms with Gasteiger partial charge >= 0.3 is 5.69 Å². The number of pyridine rings is 1. The molecule has 1 fully saturated rings. The van der Waals surface area contributed by atoms with E-state index in [1.165, 1.54) is 0 Å². The lowest BCUT2D eigenvalue weighted by Gasteiger charge is -2.36. The third-order valence-electron chi connectivity index (χ3n) is 5.71. The predicted molar refractivity (Wildman–Crippen MR) is 124 cm³/mol. The van der Waals surface area contributed by atoms with Gasteiger partial charge in [-0.3, -0.25) is 14.3 Å². The number of carbonyl (C=O) groups excluding carboxylic acids is 1. The molecule has 1 aliphatic rings. The van der Waals surface area contributed by atoms with Crippen molar-refractivity contribution in [3.05, 3.63) is 62.9 Å². The van der Waals surface area contributed by atoms with Gasteiger partial charge in [0.25, 0.3) is 5.91 Å². The van der Waals surface area contributed by atoms with Gasteiger partial charge in [-0.25, -0.2) is 9.78 Å². The van der Waals surface area contributed by atoms with Gasteiger partial charge in [0.05, 0.1) is 17.4 Å². The van der Waals surface area contributed by atoms with E-state index in [-0.39, 0.29) is 11.6 Å². The number of piperazine rings is 1. The van der Waals surface area contributed by atoms with Gasteiger partial charge in [0.1, 0.15) is 10.3 Å². The zero-order valence-corrected chi connectivity index (χ0v) is 18.5. The second-order valence-corrected chi connectivity index (χ2v) is 7.99. The second kappa shape index (κ2) is 8.99. The quantitative estimate of drug-likeness (QED) is 0.594. The highest BCUT2D eigenvalue weighted by Gasteiger charge is 2.18. The summed E-state index contributed by atoms with van der Waals surface area (Å²) in [4.78, 5) is 35.8. The lowest BCUT2D eigenvalue weighted by Crippen LogP contribution is -2.46. The molecule has 0 bridgehead atoms. The topological polar surface area (TPSA) is 86.3 Å². The van der Waals surface area contributed by atoms with Crippen molar-refractivity contribution in [2.24, 2.45) is 0 Å². The number of fused-ring (bicyclic) bond motifs is 1. The molecule has 9 heteroatoms. The van der Waals surface area contributed by atoms with Crippen LogP contribution < -0.4 is 15.9 Å². The first-order chi connectivity index (χ1) is 15.0. The molecule has 1 aliphatic heterocycles. The summed E-state index contributed by atoms with van der Waals surface area (Å²) in [5, 5.41) is 3.48. The lowest BCUT2D eigenvalue weighted by molar-refractivity contribution is 0.0958. The largest absolute Gasteiger partial charge is 0.368 e. The molecule has 0 spiro atoms. The van der Waals surface area contributed by atoms with Crippen LogP contribution in [0.2, 0.25) is 0 Å². The minimum absolute atomic E-state index is 0.165. The Kier molecular flexibility index (Phi) is 6.15. The number of aromatic amines is 1. The van der Waals surface area contributed by atoms with E-state index in [1.807, 2.05) is 25.1 Å². The van der Waals surface area contributed by atoms with E-state index >= 15 is 0 Å². The number of nitrogens with zero attached hydrogens (tertiary/aromatic N) is 4. The fourth-order valence-electron chi connectivity index (χ4n) is 3.95. The number of carbonyl (C=O) groups is 1. The Labute approximate surface area is 185 Å². The first kappa shape index (κ1) is 21.2. The van der Waals surface area contributed by atoms with Gasteiger partial charge in [-0.2, -0.15) is 0 Å². The van der Waals surface area contributed by atoms with Crippen molar-refractivity contribution in [3.8, 4) is 0 Å². The molecule has 4 rings (SSSR count). The summed E-state index contributed by atoms with van der Waals surface area (Å²) in [6, 6.07) is 9.82. The minimum Gasteiger partial charge on any atom is -0.368 e. The average Bonchev–Trinajstić information content (AvgIpc) is 2.79. The molecule has 31 heavy (non-hydrogen) atoms. The molecule has 2 N–H and O–H groups in total. The first-order valence-electron chi connectivity index (χ1n) is 10.4. The molecular weight excluding hydrogens is 412 g/mol. The molecule has 3 heterocycles. The SMILES string of the molecule is CCn1c(=O)[nH]c2cc(CN3CCN(c4ccc(C(=O)NC)nc4)CC3)ccc2c1=S. The van der Waals surface area contributed by atoms with Crippen LogP contribution in [-0.2, 0) is 13.1 Å². The second-order valence-electron chi connectivity index (χ2n) is 7.60. The van der Waals surface area contributed by atoms with E-state index in [2.05, 4.69) is 31.2 Å². The minimum atomic E-state index is -0.180. The van der Waals surface area contributed by atoms with E-state index in [9.17, 15) is 9.59 Å². The van der Waals surface area contributed by atoms with Crippen molar-refractivity contribution in [2.75, 3.05) is 38.1 Å². The summed E-state index contributed by atoms with van der Waals surface area (Å²) in [7, 11) is 1.60. The third kappa shape index (κ3) is 4.38. The van der Waals surface area contributed by atoms with Gasteiger partial charge in [0.15, 0.2) is 0 Å². The fourth-order valence-corrected chi connectivity index (χ4v) is 4.34. The number of H-pyrrole nitrogens is 1. The zero-order valence-electron chi connectivity index (χ0n) is 17.7. The molecule has 0 radical (unpaired) electrons. The molecule has 0 aliphatic carbocycles. The number of aromatic nitrogens is 3. The van der Waals surface area contributed by atoms with Gasteiger partial charge in [-0.1, -0.05) is 18.3 Å². The van der Waals surface area contributed by atoms with E-state index < -0.39 is 0 Å². The van der Waals surface area contributed by atoms with Crippen LogP contribution in [0.5, 0.6) is 0 Å². The predicted octanol–water partition coefficient (Wildman–Crippen LogP) is 2.16. The molecule has 3 aromatic rings. The van der Waals surface area contributed by atoms with Crippen molar-refractivity contribution in [2.45, 2.75) is 20.0 Å². The maximum atomic E-state index is 12.2. The summed E-state index contributed by atoms with van der Waals surface area (Å²) in [6.07, 6.45) is 1.76. The van der Waals surface area contributed by atoms with Crippen LogP contribution >= 0.6 is 12.2 Å². The summed E-state index contributed by atoms with van der Waals surface area (Å²) in [5.74, 6) is -0.180. The van der Waals surface area contributed by atoms with Crippen LogP contribution in [0.4, 0.5) is 5.69 Å². The van der Waals surface area contributed by atoms with Crippen molar-refractivity contribution in [3.63, 3.8) is 0 Å². The van der Waals surface area contributed by atoms with Crippen LogP contribution in [0.15, 0.2) is 41.3 Å². The molecule has 8 nitrogen and oxygen atoms in total. The van der Waals surface area contributed by atoms with Crippen molar-refractivity contribution >= 4 is 34.7 Å². The standard InChI is InChI=1S/C22H26N6O2S/c1-3-28-21(31)17-6-4-15(12-19(17)25-22(28)30)14-26-8-10-27(11-9-26)16-5-7-18(24-13-16)20(29)23-2/h4-7,12-13H,3,8-11,14H2,1-2H3,(H,23,29)(H,25,30). The van der Waals surface area contributed by atoms with Crippen molar-refractivity contribution in [1.29, 1.82) is 0 Å². The highest BCUT2D eigenvalue weighted by molar-refractivity contribution is 7.71. The Morgan fingerprint density at radius 3 is 2.61 bits per heavy atom. The number of benzene rings is 1. The van der Waals surface area contributed by atoms with Crippen molar-refractivity contribution in [1.82, 2.24) is 24.8 Å². The summed E-state index contributed by atoms with van der Waals surface area (Å²) in [5.41, 5.74) is 3.22. The van der Waals surface area contributed by atoms with Crippen LogP contribution in [0, 0.1) is 4.64 Å². The Balaban J connectivity index is 1.42. The molecule has 0 saturated carbocycles.